The third kappa shape index (κ3) is 2.92. The molecule has 1 aliphatic rings. The Bertz CT molecular complexity index is 807. The van der Waals surface area contributed by atoms with E-state index in [0.29, 0.717) is 12.8 Å². The number of hydrogen-bond donors (Lipinski definition) is 1. The summed E-state index contributed by atoms with van der Waals surface area (Å²) in [5.74, 6) is 1.11. The maximum atomic E-state index is 12.7. The molecule has 0 radical (unpaired) electrons. The number of rotatable bonds is 4. The largest absolute Gasteiger partial charge is 0.342 e. The van der Waals surface area contributed by atoms with Gasteiger partial charge >= 0.3 is 0 Å². The number of carbonyl (C=O) groups is 1. The third-order valence-electron chi connectivity index (χ3n) is 4.77. The standard InChI is InChI=1S/C20H21N3O/c24-20(13-12-19-21-16-9-4-5-10-17(16)22-19)23-14-6-11-18(23)15-7-2-1-3-8-15/h1-5,7-10,18H,6,11-14H2,(H,21,22)/t18-/m0/s1. The number of para-hydroxylation sites is 2. The number of aryl methyl sites for hydroxylation is 1. The summed E-state index contributed by atoms with van der Waals surface area (Å²) in [5.41, 5.74) is 3.23. The fraction of sp³-hybridized carbons (Fsp3) is 0.300. The van der Waals surface area contributed by atoms with Crippen molar-refractivity contribution in [2.45, 2.75) is 31.7 Å². The molecule has 24 heavy (non-hydrogen) atoms. The molecular weight excluding hydrogens is 298 g/mol. The molecule has 0 bridgehead atoms. The molecule has 1 aromatic heterocycles. The predicted octanol–water partition coefficient (Wildman–Crippen LogP) is 3.86. The molecule has 2 aromatic carbocycles. The Hall–Kier alpha value is -2.62. The van der Waals surface area contributed by atoms with Gasteiger partial charge in [-0.25, -0.2) is 4.98 Å². The second kappa shape index (κ2) is 6.48. The molecule has 1 saturated heterocycles. The lowest BCUT2D eigenvalue weighted by Gasteiger charge is -2.25. The van der Waals surface area contributed by atoms with Gasteiger partial charge in [0.1, 0.15) is 5.82 Å². The first-order chi connectivity index (χ1) is 11.8. The first kappa shape index (κ1) is 14.9. The summed E-state index contributed by atoms with van der Waals surface area (Å²) >= 11 is 0. The zero-order chi connectivity index (χ0) is 16.4. The lowest BCUT2D eigenvalue weighted by molar-refractivity contribution is -0.132. The summed E-state index contributed by atoms with van der Waals surface area (Å²) in [6.07, 6.45) is 3.30. The molecule has 1 amide bonds. The van der Waals surface area contributed by atoms with E-state index in [1.54, 1.807) is 0 Å². The topological polar surface area (TPSA) is 49.0 Å². The van der Waals surface area contributed by atoms with Gasteiger partial charge in [-0.1, -0.05) is 42.5 Å². The average molecular weight is 319 g/mol. The molecule has 0 unspecified atom stereocenters. The van der Waals surface area contributed by atoms with E-state index in [1.807, 2.05) is 47.4 Å². The van der Waals surface area contributed by atoms with Gasteiger partial charge in [0.2, 0.25) is 5.91 Å². The van der Waals surface area contributed by atoms with Crippen LogP contribution in [0.2, 0.25) is 0 Å². The van der Waals surface area contributed by atoms with Gasteiger partial charge in [-0.15, -0.1) is 0 Å². The van der Waals surface area contributed by atoms with Gasteiger partial charge in [0.05, 0.1) is 17.1 Å². The van der Waals surface area contributed by atoms with E-state index in [9.17, 15) is 4.79 Å². The van der Waals surface area contributed by atoms with Gasteiger partial charge < -0.3 is 9.88 Å². The highest BCUT2D eigenvalue weighted by atomic mass is 16.2. The molecule has 1 atom stereocenters. The van der Waals surface area contributed by atoms with Crippen LogP contribution in [0.25, 0.3) is 11.0 Å². The van der Waals surface area contributed by atoms with E-state index < -0.39 is 0 Å². The molecule has 1 N–H and O–H groups in total. The Morgan fingerprint density at radius 1 is 1.12 bits per heavy atom. The summed E-state index contributed by atoms with van der Waals surface area (Å²) in [7, 11) is 0. The van der Waals surface area contributed by atoms with Crippen molar-refractivity contribution in [3.8, 4) is 0 Å². The SMILES string of the molecule is O=C(CCc1nc2ccccc2[nH]1)N1CCC[C@H]1c1ccccc1. The molecular formula is C20H21N3O. The van der Waals surface area contributed by atoms with Gasteiger partial charge in [0, 0.05) is 19.4 Å². The number of benzene rings is 2. The maximum absolute atomic E-state index is 12.7. The lowest BCUT2D eigenvalue weighted by atomic mass is 10.0. The summed E-state index contributed by atoms with van der Waals surface area (Å²) in [4.78, 5) is 22.6. The van der Waals surface area contributed by atoms with Crippen molar-refractivity contribution in [3.63, 3.8) is 0 Å². The van der Waals surface area contributed by atoms with Gasteiger partial charge in [-0.2, -0.15) is 0 Å². The lowest BCUT2D eigenvalue weighted by Crippen LogP contribution is -2.30. The molecule has 2 heterocycles. The Morgan fingerprint density at radius 2 is 1.92 bits per heavy atom. The van der Waals surface area contributed by atoms with Crippen LogP contribution in [0.3, 0.4) is 0 Å². The van der Waals surface area contributed by atoms with Gasteiger partial charge in [0.15, 0.2) is 0 Å². The van der Waals surface area contributed by atoms with E-state index in [4.69, 9.17) is 0 Å². The minimum atomic E-state index is 0.224. The van der Waals surface area contributed by atoms with Gasteiger partial charge in [0.25, 0.3) is 0 Å². The zero-order valence-corrected chi connectivity index (χ0v) is 13.6. The number of aromatic nitrogens is 2. The molecule has 1 fully saturated rings. The highest BCUT2D eigenvalue weighted by Crippen LogP contribution is 2.32. The molecule has 122 valence electrons. The van der Waals surface area contributed by atoms with E-state index >= 15 is 0 Å². The van der Waals surface area contributed by atoms with E-state index in [0.717, 1.165) is 36.2 Å². The fourth-order valence-corrected chi connectivity index (χ4v) is 3.58. The third-order valence-corrected chi connectivity index (χ3v) is 4.77. The number of nitrogens with one attached hydrogen (secondary N) is 1. The van der Waals surface area contributed by atoms with Crippen molar-refractivity contribution in [2.24, 2.45) is 0 Å². The van der Waals surface area contributed by atoms with Crippen LogP contribution in [-0.4, -0.2) is 27.3 Å². The highest BCUT2D eigenvalue weighted by molar-refractivity contribution is 5.78. The summed E-state index contributed by atoms with van der Waals surface area (Å²) in [5, 5.41) is 0. The van der Waals surface area contributed by atoms with E-state index in [-0.39, 0.29) is 11.9 Å². The van der Waals surface area contributed by atoms with E-state index in [1.165, 1.54) is 5.56 Å². The quantitative estimate of drug-likeness (QED) is 0.794. The predicted molar refractivity (Wildman–Crippen MR) is 94.5 cm³/mol. The minimum absolute atomic E-state index is 0.224. The first-order valence-corrected chi connectivity index (χ1v) is 8.59. The number of H-pyrrole nitrogens is 1. The Balaban J connectivity index is 1.43. The maximum Gasteiger partial charge on any atom is 0.223 e. The molecule has 1 aliphatic heterocycles. The number of nitrogens with zero attached hydrogens (tertiary/aromatic N) is 2. The van der Waals surface area contributed by atoms with Crippen LogP contribution in [0, 0.1) is 0 Å². The number of carbonyl (C=O) groups excluding carboxylic acids is 1. The van der Waals surface area contributed by atoms with Gasteiger partial charge in [-0.3, -0.25) is 4.79 Å². The highest BCUT2D eigenvalue weighted by Gasteiger charge is 2.29. The molecule has 0 saturated carbocycles. The fourth-order valence-electron chi connectivity index (χ4n) is 3.58. The summed E-state index contributed by atoms with van der Waals surface area (Å²) < 4.78 is 0. The molecule has 0 aliphatic carbocycles. The first-order valence-electron chi connectivity index (χ1n) is 8.59. The van der Waals surface area contributed by atoms with Crippen molar-refractivity contribution in [2.75, 3.05) is 6.54 Å². The molecule has 3 aromatic rings. The van der Waals surface area contributed by atoms with Crippen LogP contribution >= 0.6 is 0 Å². The number of aromatic amines is 1. The summed E-state index contributed by atoms with van der Waals surface area (Å²) in [6, 6.07) is 18.6. The van der Waals surface area contributed by atoms with E-state index in [2.05, 4.69) is 22.1 Å². The second-order valence-corrected chi connectivity index (χ2v) is 6.36. The smallest absolute Gasteiger partial charge is 0.223 e. The molecule has 4 nitrogen and oxygen atoms in total. The molecule has 4 rings (SSSR count). The monoisotopic (exact) mass is 319 g/mol. The number of imidazole rings is 1. The van der Waals surface area contributed by atoms with Crippen LogP contribution in [0.1, 0.15) is 36.7 Å². The van der Waals surface area contributed by atoms with Crippen LogP contribution in [0.15, 0.2) is 54.6 Å². The number of amides is 1. The van der Waals surface area contributed by atoms with Crippen molar-refractivity contribution in [1.82, 2.24) is 14.9 Å². The Labute approximate surface area is 141 Å². The second-order valence-electron chi connectivity index (χ2n) is 6.36. The normalized spacial score (nSPS) is 17.5. The summed E-state index contributed by atoms with van der Waals surface area (Å²) in [6.45, 7) is 0.860. The van der Waals surface area contributed by atoms with Gasteiger partial charge in [-0.05, 0) is 30.5 Å². The van der Waals surface area contributed by atoms with Crippen molar-refractivity contribution >= 4 is 16.9 Å². The van der Waals surface area contributed by atoms with Crippen LogP contribution in [-0.2, 0) is 11.2 Å². The van der Waals surface area contributed by atoms with Crippen LogP contribution in [0.4, 0.5) is 0 Å². The average Bonchev–Trinajstić information content (AvgIpc) is 3.27. The Morgan fingerprint density at radius 3 is 2.75 bits per heavy atom. The minimum Gasteiger partial charge on any atom is -0.342 e. The van der Waals surface area contributed by atoms with Crippen LogP contribution in [0.5, 0.6) is 0 Å². The molecule has 0 spiro atoms. The van der Waals surface area contributed by atoms with Crippen LogP contribution < -0.4 is 0 Å². The molecule has 4 heteroatoms. The number of fused-ring (bicyclic) bond motifs is 1. The zero-order valence-electron chi connectivity index (χ0n) is 13.6. The van der Waals surface area contributed by atoms with Crippen molar-refractivity contribution < 1.29 is 4.79 Å². The Kier molecular flexibility index (Phi) is 4.03. The number of hydrogen-bond acceptors (Lipinski definition) is 2. The van der Waals surface area contributed by atoms with Crippen molar-refractivity contribution in [3.05, 3.63) is 66.0 Å². The number of likely N-dealkylation sites (tertiary alicyclic amines) is 1. The van der Waals surface area contributed by atoms with Crippen molar-refractivity contribution in [1.29, 1.82) is 0 Å².